The fourth-order valence-corrected chi connectivity index (χ4v) is 3.76. The lowest BCUT2D eigenvalue weighted by molar-refractivity contribution is -0.676. The van der Waals surface area contributed by atoms with Gasteiger partial charge in [0.25, 0.3) is 4.34 Å². The first-order chi connectivity index (χ1) is 8.72. The van der Waals surface area contributed by atoms with Gasteiger partial charge in [-0.25, -0.2) is 0 Å². The van der Waals surface area contributed by atoms with Crippen LogP contribution < -0.4 is 21.5 Å². The number of hydrogen-bond acceptors (Lipinski definition) is 4. The highest BCUT2D eigenvalue weighted by Crippen LogP contribution is 2.27. The molecule has 0 unspecified atom stereocenters. The number of nitrogens with zero attached hydrogens (tertiary/aromatic N) is 1. The van der Waals surface area contributed by atoms with Crippen molar-refractivity contribution in [2.45, 2.75) is 17.7 Å². The molecular weight excluding hydrogens is 346 g/mol. The first-order valence-electron chi connectivity index (χ1n) is 5.88. The van der Waals surface area contributed by atoms with Crippen molar-refractivity contribution in [3.63, 3.8) is 0 Å². The number of ether oxygens (including phenoxy) is 1. The molecule has 0 amide bonds. The number of benzene rings is 1. The van der Waals surface area contributed by atoms with Gasteiger partial charge in [0.05, 0.1) is 6.61 Å². The van der Waals surface area contributed by atoms with Crippen LogP contribution in [0.3, 0.4) is 0 Å². The van der Waals surface area contributed by atoms with Crippen molar-refractivity contribution in [3.8, 4) is 0 Å². The lowest BCUT2D eigenvalue weighted by Gasteiger charge is -1.99. The van der Waals surface area contributed by atoms with Crippen molar-refractivity contribution < 1.29 is 31.1 Å². The Balaban J connectivity index is 0.00000180. The van der Waals surface area contributed by atoms with Crippen LogP contribution in [0, 0.1) is 0 Å². The van der Waals surface area contributed by atoms with Crippen LogP contribution in [0.2, 0.25) is 0 Å². The molecule has 3 nitrogen and oxygen atoms in total. The summed E-state index contributed by atoms with van der Waals surface area (Å²) in [5.74, 6) is 0.236. The van der Waals surface area contributed by atoms with Gasteiger partial charge < -0.3 is 21.7 Å². The average Bonchev–Trinajstić information content (AvgIpc) is 2.71. The topological polar surface area (TPSA) is 30.2 Å². The second kappa shape index (κ2) is 7.87. The van der Waals surface area contributed by atoms with Crippen molar-refractivity contribution >= 4 is 39.3 Å². The number of thioether (sulfide) groups is 1. The molecule has 1 heterocycles. The summed E-state index contributed by atoms with van der Waals surface area (Å²) in [5.41, 5.74) is 1.20. The van der Waals surface area contributed by atoms with Gasteiger partial charge in [-0.15, -0.1) is 0 Å². The summed E-state index contributed by atoms with van der Waals surface area (Å²) in [5, 5.41) is 0. The third kappa shape index (κ3) is 4.19. The molecule has 0 aliphatic heterocycles. The van der Waals surface area contributed by atoms with E-state index in [-0.39, 0.29) is 23.0 Å². The number of carbonyl (C=O) groups excluding carboxylic acids is 1. The molecule has 104 valence electrons. The van der Waals surface area contributed by atoms with Gasteiger partial charge in [0.2, 0.25) is 5.52 Å². The maximum atomic E-state index is 11.5. The Labute approximate surface area is 131 Å². The van der Waals surface area contributed by atoms with E-state index in [9.17, 15) is 4.79 Å². The van der Waals surface area contributed by atoms with Crippen molar-refractivity contribution in [2.24, 2.45) is 7.05 Å². The largest absolute Gasteiger partial charge is 1.00 e. The molecule has 0 fully saturated rings. The van der Waals surface area contributed by atoms with E-state index in [1.807, 2.05) is 26.1 Å². The zero-order chi connectivity index (χ0) is 13.0. The normalized spacial score (nSPS) is 10.2. The van der Waals surface area contributed by atoms with Gasteiger partial charge in [-0.2, -0.15) is 4.57 Å². The van der Waals surface area contributed by atoms with Crippen molar-refractivity contribution in [1.82, 2.24) is 0 Å². The molecule has 1 aromatic heterocycles. The Kier molecular flexibility index (Phi) is 6.82. The molecule has 1 aromatic carbocycles. The highest BCUT2D eigenvalue weighted by Gasteiger charge is 2.18. The fraction of sp³-hybridized carbons (Fsp3) is 0.385. The monoisotopic (exact) mass is 361 g/mol. The molecule has 6 heteroatoms. The number of rotatable bonds is 5. The minimum absolute atomic E-state index is 0. The highest BCUT2D eigenvalue weighted by atomic mass is 79.9. The molecule has 0 aliphatic carbocycles. The molecule has 0 spiro atoms. The van der Waals surface area contributed by atoms with E-state index in [0.29, 0.717) is 12.4 Å². The lowest BCUT2D eigenvalue weighted by Crippen LogP contribution is -3.00. The zero-order valence-electron chi connectivity index (χ0n) is 10.9. The first kappa shape index (κ1) is 16.5. The van der Waals surface area contributed by atoms with E-state index in [1.54, 1.807) is 11.3 Å². The van der Waals surface area contributed by atoms with Gasteiger partial charge in [0.1, 0.15) is 17.5 Å². The van der Waals surface area contributed by atoms with Gasteiger partial charge in [-0.05, 0) is 24.2 Å². The zero-order valence-corrected chi connectivity index (χ0v) is 14.1. The van der Waals surface area contributed by atoms with Crippen LogP contribution in [-0.2, 0) is 16.6 Å². The summed E-state index contributed by atoms with van der Waals surface area (Å²) >= 11 is 3.25. The van der Waals surface area contributed by atoms with Crippen LogP contribution in [0.4, 0.5) is 0 Å². The van der Waals surface area contributed by atoms with E-state index < -0.39 is 0 Å². The molecular formula is C13H16BrNO2S2. The van der Waals surface area contributed by atoms with Gasteiger partial charge in [-0.1, -0.05) is 30.4 Å². The molecule has 0 saturated heterocycles. The predicted molar refractivity (Wildman–Crippen MR) is 75.0 cm³/mol. The highest BCUT2D eigenvalue weighted by molar-refractivity contribution is 8.01. The third-order valence-electron chi connectivity index (χ3n) is 2.48. The van der Waals surface area contributed by atoms with Gasteiger partial charge in [0, 0.05) is 6.07 Å². The lowest BCUT2D eigenvalue weighted by atomic mass is 10.3. The van der Waals surface area contributed by atoms with Crippen LogP contribution in [0.25, 0.3) is 10.2 Å². The Morgan fingerprint density at radius 1 is 1.42 bits per heavy atom. The van der Waals surface area contributed by atoms with Gasteiger partial charge in [-0.3, -0.25) is 4.79 Å². The number of aromatic nitrogens is 1. The second-order valence-corrected chi connectivity index (χ2v) is 6.16. The molecule has 0 N–H and O–H groups in total. The summed E-state index contributed by atoms with van der Waals surface area (Å²) in [6.45, 7) is 2.50. The maximum absolute atomic E-state index is 11.5. The first-order valence-corrected chi connectivity index (χ1v) is 7.68. The van der Waals surface area contributed by atoms with E-state index in [1.165, 1.54) is 22.0 Å². The van der Waals surface area contributed by atoms with Crippen LogP contribution in [-0.4, -0.2) is 18.3 Å². The Hall–Kier alpha value is -0.590. The standard InChI is InChI=1S/C13H16NO2S2.BrH/c1-3-8-16-12(15)9-17-13-14(2)10-6-4-5-7-11(10)18-13;/h4-7H,3,8-9H2,1-2H3;1H/q+1;/p-1. The number of fused-ring (bicyclic) bond motifs is 1. The molecule has 0 saturated carbocycles. The molecule has 19 heavy (non-hydrogen) atoms. The number of aryl methyl sites for hydroxylation is 1. The summed E-state index contributed by atoms with van der Waals surface area (Å²) in [6, 6.07) is 8.24. The van der Waals surface area contributed by atoms with Gasteiger partial charge >= 0.3 is 5.97 Å². The molecule has 0 aliphatic rings. The molecule has 0 radical (unpaired) electrons. The predicted octanol–water partition coefficient (Wildman–Crippen LogP) is -0.225. The van der Waals surface area contributed by atoms with E-state index in [4.69, 9.17) is 4.74 Å². The van der Waals surface area contributed by atoms with E-state index in [0.717, 1.165) is 10.8 Å². The summed E-state index contributed by atoms with van der Waals surface area (Å²) in [6.07, 6.45) is 0.868. The Bertz CT molecular complexity index is 557. The Morgan fingerprint density at radius 2 is 2.16 bits per heavy atom. The average molecular weight is 362 g/mol. The van der Waals surface area contributed by atoms with Crippen molar-refractivity contribution in [1.29, 1.82) is 0 Å². The third-order valence-corrected chi connectivity index (χ3v) is 5.00. The minimum Gasteiger partial charge on any atom is -1.00 e. The number of hydrogen-bond donors (Lipinski definition) is 0. The van der Waals surface area contributed by atoms with Crippen LogP contribution in [0.5, 0.6) is 0 Å². The number of thiazole rings is 1. The summed E-state index contributed by atoms with van der Waals surface area (Å²) in [4.78, 5) is 11.5. The number of halogens is 1. The fourth-order valence-electron chi connectivity index (χ4n) is 1.59. The number of esters is 1. The Morgan fingerprint density at radius 3 is 2.84 bits per heavy atom. The molecule has 0 bridgehead atoms. The smallest absolute Gasteiger partial charge is 0.316 e. The molecule has 2 aromatic rings. The summed E-state index contributed by atoms with van der Waals surface area (Å²) < 4.78 is 9.55. The SMILES string of the molecule is CCCOC(=O)CSc1sc2ccccc2[n+]1C.[Br-]. The second-order valence-electron chi connectivity index (χ2n) is 3.90. The van der Waals surface area contributed by atoms with E-state index in [2.05, 4.69) is 16.7 Å². The quantitative estimate of drug-likeness (QED) is 0.419. The van der Waals surface area contributed by atoms with Crippen LogP contribution >= 0.6 is 23.1 Å². The van der Waals surface area contributed by atoms with Crippen LogP contribution in [0.1, 0.15) is 13.3 Å². The molecule has 2 rings (SSSR count). The molecule has 0 atom stereocenters. The van der Waals surface area contributed by atoms with Crippen molar-refractivity contribution in [3.05, 3.63) is 24.3 Å². The maximum Gasteiger partial charge on any atom is 0.316 e. The number of para-hydroxylation sites is 1. The van der Waals surface area contributed by atoms with Crippen LogP contribution in [0.15, 0.2) is 28.6 Å². The number of carbonyl (C=O) groups is 1. The summed E-state index contributed by atoms with van der Waals surface area (Å²) in [7, 11) is 2.03. The van der Waals surface area contributed by atoms with Crippen molar-refractivity contribution in [2.75, 3.05) is 12.4 Å². The minimum atomic E-state index is -0.140. The van der Waals surface area contributed by atoms with Gasteiger partial charge in [0.15, 0.2) is 0 Å². The van der Waals surface area contributed by atoms with E-state index >= 15 is 0 Å².